The van der Waals surface area contributed by atoms with Crippen LogP contribution in [-0.2, 0) is 0 Å². The van der Waals surface area contributed by atoms with Gasteiger partial charge >= 0.3 is 0 Å². The molecular formula is C19H14S2. The summed E-state index contributed by atoms with van der Waals surface area (Å²) in [6.45, 7) is 6.19. The maximum atomic E-state index is 4.65. The molecule has 1 heterocycles. The van der Waals surface area contributed by atoms with Crippen LogP contribution in [0.15, 0.2) is 59.3 Å². The lowest BCUT2D eigenvalue weighted by Gasteiger charge is -2.06. The maximum Gasteiger partial charge on any atom is 0.0655 e. The summed E-state index contributed by atoms with van der Waals surface area (Å²) in [4.78, 5) is 0. The number of hydrogen-bond acceptors (Lipinski definition) is 2. The highest BCUT2D eigenvalue weighted by atomic mass is 32.2. The molecule has 1 aromatic heterocycles. The maximum absolute atomic E-state index is 4.65. The van der Waals surface area contributed by atoms with Crippen LogP contribution >= 0.6 is 24.0 Å². The molecule has 0 amide bonds. The summed E-state index contributed by atoms with van der Waals surface area (Å²) in [6, 6.07) is 17.5. The van der Waals surface area contributed by atoms with Crippen LogP contribution in [0.2, 0.25) is 0 Å². The molecule has 0 aliphatic rings. The van der Waals surface area contributed by atoms with E-state index in [0.717, 1.165) is 9.78 Å². The Labute approximate surface area is 133 Å². The van der Waals surface area contributed by atoms with Gasteiger partial charge in [0.25, 0.3) is 0 Å². The van der Waals surface area contributed by atoms with E-state index < -0.39 is 0 Å². The molecule has 0 fully saturated rings. The van der Waals surface area contributed by atoms with Crippen molar-refractivity contribution >= 4 is 61.2 Å². The fraction of sp³-hybridized carbons (Fsp3) is 0.0526. The van der Waals surface area contributed by atoms with Gasteiger partial charge < -0.3 is 0 Å². The predicted octanol–water partition coefficient (Wildman–Crippen LogP) is 6.53. The Balaban J connectivity index is 2.26. The number of thiophene rings is 1. The molecule has 0 aliphatic carbocycles. The third-order valence-electron chi connectivity index (χ3n) is 3.95. The molecule has 0 N–H and O–H groups in total. The summed E-state index contributed by atoms with van der Waals surface area (Å²) < 4.78 is 2.33. The molecule has 21 heavy (non-hydrogen) atoms. The van der Waals surface area contributed by atoms with Crippen molar-refractivity contribution in [3.63, 3.8) is 0 Å². The standard InChI is InChI=1S/C19H14S2/c1-11(2)17-18-15-10-13-6-4-3-5-12(13)9-14(15)7-8-16(18)21-19(17)20/h3-10,20H,1H2,2H3. The Morgan fingerprint density at radius 2 is 1.71 bits per heavy atom. The Morgan fingerprint density at radius 3 is 2.43 bits per heavy atom. The third-order valence-corrected chi connectivity index (χ3v) is 5.40. The predicted molar refractivity (Wildman–Crippen MR) is 98.8 cm³/mol. The second-order valence-corrected chi connectivity index (χ2v) is 7.22. The van der Waals surface area contributed by atoms with Crippen LogP contribution in [0.4, 0.5) is 0 Å². The zero-order chi connectivity index (χ0) is 14.6. The number of benzene rings is 3. The van der Waals surface area contributed by atoms with Gasteiger partial charge in [0, 0.05) is 15.6 Å². The minimum Gasteiger partial charge on any atom is -0.132 e. The van der Waals surface area contributed by atoms with Crippen molar-refractivity contribution in [1.29, 1.82) is 0 Å². The highest BCUT2D eigenvalue weighted by molar-refractivity contribution is 7.83. The van der Waals surface area contributed by atoms with E-state index in [1.54, 1.807) is 11.3 Å². The summed E-state index contributed by atoms with van der Waals surface area (Å²) in [7, 11) is 0. The van der Waals surface area contributed by atoms with Gasteiger partial charge in [-0.05, 0) is 52.2 Å². The molecule has 0 saturated carbocycles. The summed E-state index contributed by atoms with van der Waals surface area (Å²) in [5.41, 5.74) is 2.27. The van der Waals surface area contributed by atoms with Crippen LogP contribution in [0.3, 0.4) is 0 Å². The Morgan fingerprint density at radius 1 is 1.00 bits per heavy atom. The van der Waals surface area contributed by atoms with Crippen molar-refractivity contribution in [1.82, 2.24) is 0 Å². The Bertz CT molecular complexity index is 1020. The first-order valence-corrected chi connectivity index (χ1v) is 8.14. The van der Waals surface area contributed by atoms with Crippen molar-refractivity contribution < 1.29 is 0 Å². The lowest BCUT2D eigenvalue weighted by molar-refractivity contribution is 1.60. The largest absolute Gasteiger partial charge is 0.132 e. The van der Waals surface area contributed by atoms with Crippen LogP contribution in [0.25, 0.3) is 37.2 Å². The first-order chi connectivity index (χ1) is 10.1. The van der Waals surface area contributed by atoms with Gasteiger partial charge in [-0.15, -0.1) is 24.0 Å². The normalized spacial score (nSPS) is 11.5. The molecule has 3 aromatic carbocycles. The van der Waals surface area contributed by atoms with Gasteiger partial charge in [0.2, 0.25) is 0 Å². The molecule has 0 radical (unpaired) electrons. The summed E-state index contributed by atoms with van der Waals surface area (Å²) >= 11 is 6.38. The molecule has 0 nitrogen and oxygen atoms in total. The molecule has 0 saturated heterocycles. The smallest absolute Gasteiger partial charge is 0.0655 e. The van der Waals surface area contributed by atoms with E-state index in [9.17, 15) is 0 Å². The van der Waals surface area contributed by atoms with Crippen LogP contribution < -0.4 is 0 Å². The third kappa shape index (κ3) is 1.90. The van der Waals surface area contributed by atoms with Gasteiger partial charge in [0.05, 0.1) is 4.21 Å². The molecule has 0 bridgehead atoms. The number of rotatable bonds is 1. The summed E-state index contributed by atoms with van der Waals surface area (Å²) in [5, 5.41) is 6.41. The van der Waals surface area contributed by atoms with Crippen LogP contribution in [0.1, 0.15) is 12.5 Å². The minimum atomic E-state index is 1.05. The SMILES string of the molecule is C=C(C)c1c(S)sc2ccc3cc4ccccc4cc3c12. The highest BCUT2D eigenvalue weighted by Crippen LogP contribution is 2.42. The van der Waals surface area contributed by atoms with E-state index in [2.05, 4.69) is 74.7 Å². The summed E-state index contributed by atoms with van der Waals surface area (Å²) in [5.74, 6) is 0. The van der Waals surface area contributed by atoms with Crippen LogP contribution in [-0.4, -0.2) is 0 Å². The molecule has 0 unspecified atom stereocenters. The molecule has 0 atom stereocenters. The van der Waals surface area contributed by atoms with E-state index >= 15 is 0 Å². The zero-order valence-electron chi connectivity index (χ0n) is 11.7. The van der Waals surface area contributed by atoms with Crippen molar-refractivity contribution in [2.75, 3.05) is 0 Å². The van der Waals surface area contributed by atoms with E-state index in [0.29, 0.717) is 0 Å². The number of thiol groups is 1. The quantitative estimate of drug-likeness (QED) is 0.300. The molecule has 102 valence electrons. The van der Waals surface area contributed by atoms with Gasteiger partial charge in [-0.2, -0.15) is 0 Å². The van der Waals surface area contributed by atoms with Gasteiger partial charge in [0.15, 0.2) is 0 Å². The molecule has 2 heteroatoms. The average Bonchev–Trinajstić information content (AvgIpc) is 2.81. The molecule has 4 rings (SSSR count). The van der Waals surface area contributed by atoms with E-state index in [1.165, 1.54) is 37.2 Å². The van der Waals surface area contributed by atoms with Crippen LogP contribution in [0.5, 0.6) is 0 Å². The van der Waals surface area contributed by atoms with Crippen molar-refractivity contribution in [2.45, 2.75) is 11.1 Å². The second kappa shape index (κ2) is 4.62. The van der Waals surface area contributed by atoms with Crippen molar-refractivity contribution in [2.24, 2.45) is 0 Å². The number of allylic oxidation sites excluding steroid dienone is 1. The van der Waals surface area contributed by atoms with Crippen LogP contribution in [0, 0.1) is 0 Å². The van der Waals surface area contributed by atoms with Crippen molar-refractivity contribution in [3.8, 4) is 0 Å². The molecule has 0 spiro atoms. The zero-order valence-corrected chi connectivity index (χ0v) is 13.4. The Hall–Kier alpha value is -1.77. The monoisotopic (exact) mass is 306 g/mol. The van der Waals surface area contributed by atoms with Gasteiger partial charge in [0.1, 0.15) is 0 Å². The highest BCUT2D eigenvalue weighted by Gasteiger charge is 2.13. The average molecular weight is 306 g/mol. The molecular weight excluding hydrogens is 292 g/mol. The first-order valence-electron chi connectivity index (χ1n) is 6.88. The van der Waals surface area contributed by atoms with Gasteiger partial charge in [-0.1, -0.05) is 36.9 Å². The van der Waals surface area contributed by atoms with Gasteiger partial charge in [-0.3, -0.25) is 0 Å². The van der Waals surface area contributed by atoms with Crippen molar-refractivity contribution in [3.05, 3.63) is 60.7 Å². The molecule has 0 aliphatic heterocycles. The second-order valence-electron chi connectivity index (χ2n) is 5.42. The Kier molecular flexibility index (Phi) is 2.84. The topological polar surface area (TPSA) is 0 Å². The number of hydrogen-bond donors (Lipinski definition) is 1. The summed E-state index contributed by atoms with van der Waals surface area (Å²) in [6.07, 6.45) is 0. The first kappa shape index (κ1) is 12.9. The minimum absolute atomic E-state index is 1.05. The van der Waals surface area contributed by atoms with E-state index in [1.807, 2.05) is 0 Å². The lowest BCUT2D eigenvalue weighted by atomic mass is 9.98. The fourth-order valence-electron chi connectivity index (χ4n) is 2.99. The lowest BCUT2D eigenvalue weighted by Crippen LogP contribution is -1.81. The van der Waals surface area contributed by atoms with Gasteiger partial charge in [-0.25, -0.2) is 0 Å². The van der Waals surface area contributed by atoms with E-state index in [4.69, 9.17) is 0 Å². The number of fused-ring (bicyclic) bond motifs is 4. The fourth-order valence-corrected chi connectivity index (χ4v) is 4.63. The molecule has 4 aromatic rings. The van der Waals surface area contributed by atoms with E-state index in [-0.39, 0.29) is 0 Å².